The van der Waals surface area contributed by atoms with Crippen molar-refractivity contribution in [3.05, 3.63) is 18.0 Å². The fourth-order valence-corrected chi connectivity index (χ4v) is 2.60. The Morgan fingerprint density at radius 1 is 1.42 bits per heavy atom. The zero-order chi connectivity index (χ0) is 13.7. The molecule has 0 aromatic carbocycles. The van der Waals surface area contributed by atoms with Gasteiger partial charge in [-0.3, -0.25) is 9.48 Å². The summed E-state index contributed by atoms with van der Waals surface area (Å²) in [6.07, 6.45) is 5.97. The van der Waals surface area contributed by atoms with Crippen molar-refractivity contribution >= 4 is 5.91 Å². The SMILES string of the molecule is CCN(CC)C(=O)c1cnn(CC2CCNCC2)c1. The predicted molar refractivity (Wildman–Crippen MR) is 75.1 cm³/mol. The predicted octanol–water partition coefficient (Wildman–Crippen LogP) is 1.36. The number of aromatic nitrogens is 2. The molecule has 2 rings (SSSR count). The van der Waals surface area contributed by atoms with E-state index in [9.17, 15) is 4.79 Å². The molecule has 1 aromatic heterocycles. The van der Waals surface area contributed by atoms with Crippen molar-refractivity contribution in [2.24, 2.45) is 5.92 Å². The van der Waals surface area contributed by atoms with Crippen molar-refractivity contribution in [1.82, 2.24) is 20.0 Å². The van der Waals surface area contributed by atoms with E-state index in [0.29, 0.717) is 11.5 Å². The smallest absolute Gasteiger partial charge is 0.257 e. The summed E-state index contributed by atoms with van der Waals surface area (Å²) in [5.74, 6) is 0.763. The first-order valence-electron chi connectivity index (χ1n) is 7.27. The number of carbonyl (C=O) groups excluding carboxylic acids is 1. The molecule has 0 atom stereocenters. The summed E-state index contributed by atoms with van der Waals surface area (Å²) in [6.45, 7) is 8.60. The van der Waals surface area contributed by atoms with Crippen molar-refractivity contribution in [3.8, 4) is 0 Å². The third-order valence-electron chi connectivity index (χ3n) is 3.83. The first-order valence-corrected chi connectivity index (χ1v) is 7.27. The Kier molecular flexibility index (Phi) is 4.96. The molecule has 1 fully saturated rings. The number of piperidine rings is 1. The van der Waals surface area contributed by atoms with Crippen LogP contribution in [-0.2, 0) is 6.54 Å². The zero-order valence-electron chi connectivity index (χ0n) is 11.9. The molecule has 1 aromatic rings. The van der Waals surface area contributed by atoms with Gasteiger partial charge in [-0.05, 0) is 45.7 Å². The standard InChI is InChI=1S/C14H24N4O/c1-3-17(4-2)14(19)13-9-16-18(11-13)10-12-5-7-15-8-6-12/h9,11-12,15H,3-8,10H2,1-2H3. The molecular weight excluding hydrogens is 240 g/mol. The Balaban J connectivity index is 1.96. The molecule has 2 heterocycles. The highest BCUT2D eigenvalue weighted by molar-refractivity contribution is 5.93. The van der Waals surface area contributed by atoms with E-state index in [-0.39, 0.29) is 5.91 Å². The van der Waals surface area contributed by atoms with Gasteiger partial charge in [-0.1, -0.05) is 0 Å². The van der Waals surface area contributed by atoms with Crippen LogP contribution in [0.1, 0.15) is 37.0 Å². The van der Waals surface area contributed by atoms with E-state index in [1.165, 1.54) is 12.8 Å². The molecule has 0 radical (unpaired) electrons. The molecule has 1 aliphatic heterocycles. The minimum Gasteiger partial charge on any atom is -0.339 e. The molecule has 5 nitrogen and oxygen atoms in total. The van der Waals surface area contributed by atoms with E-state index in [2.05, 4.69) is 10.4 Å². The van der Waals surface area contributed by atoms with Crippen LogP contribution in [0.3, 0.4) is 0 Å². The second kappa shape index (κ2) is 6.70. The Morgan fingerprint density at radius 3 is 2.74 bits per heavy atom. The lowest BCUT2D eigenvalue weighted by Crippen LogP contribution is -2.30. The van der Waals surface area contributed by atoms with Gasteiger partial charge in [-0.15, -0.1) is 0 Å². The molecule has 106 valence electrons. The highest BCUT2D eigenvalue weighted by Crippen LogP contribution is 2.14. The van der Waals surface area contributed by atoms with Crippen LogP contribution in [0.25, 0.3) is 0 Å². The number of hydrogen-bond donors (Lipinski definition) is 1. The van der Waals surface area contributed by atoms with Crippen LogP contribution in [0.5, 0.6) is 0 Å². The van der Waals surface area contributed by atoms with E-state index in [1.807, 2.05) is 29.6 Å². The summed E-state index contributed by atoms with van der Waals surface area (Å²) in [4.78, 5) is 14.0. The lowest BCUT2D eigenvalue weighted by molar-refractivity contribution is 0.0773. The number of carbonyl (C=O) groups is 1. The fraction of sp³-hybridized carbons (Fsp3) is 0.714. The Labute approximate surface area is 115 Å². The number of amides is 1. The van der Waals surface area contributed by atoms with Crippen LogP contribution in [-0.4, -0.2) is 46.8 Å². The van der Waals surface area contributed by atoms with Crippen LogP contribution >= 0.6 is 0 Å². The summed E-state index contributed by atoms with van der Waals surface area (Å²) in [7, 11) is 0. The number of nitrogens with one attached hydrogen (secondary N) is 1. The number of nitrogens with zero attached hydrogens (tertiary/aromatic N) is 3. The van der Waals surface area contributed by atoms with Gasteiger partial charge in [-0.25, -0.2) is 0 Å². The topological polar surface area (TPSA) is 50.2 Å². The first-order chi connectivity index (χ1) is 9.24. The van der Waals surface area contributed by atoms with Crippen LogP contribution < -0.4 is 5.32 Å². The van der Waals surface area contributed by atoms with Gasteiger partial charge in [-0.2, -0.15) is 5.10 Å². The summed E-state index contributed by atoms with van der Waals surface area (Å²) in [5.41, 5.74) is 0.706. The summed E-state index contributed by atoms with van der Waals surface area (Å²) in [5, 5.41) is 7.69. The van der Waals surface area contributed by atoms with Gasteiger partial charge in [0.15, 0.2) is 0 Å². The number of hydrogen-bond acceptors (Lipinski definition) is 3. The molecule has 1 amide bonds. The van der Waals surface area contributed by atoms with Gasteiger partial charge < -0.3 is 10.2 Å². The van der Waals surface area contributed by atoms with Crippen LogP contribution in [0.2, 0.25) is 0 Å². The average Bonchev–Trinajstić information content (AvgIpc) is 2.89. The summed E-state index contributed by atoms with van der Waals surface area (Å²) < 4.78 is 1.92. The third-order valence-corrected chi connectivity index (χ3v) is 3.83. The molecule has 19 heavy (non-hydrogen) atoms. The maximum absolute atomic E-state index is 12.2. The van der Waals surface area contributed by atoms with Gasteiger partial charge in [0.2, 0.25) is 0 Å². The van der Waals surface area contributed by atoms with Crippen LogP contribution in [0.15, 0.2) is 12.4 Å². The normalized spacial score (nSPS) is 16.5. The third kappa shape index (κ3) is 3.56. The Hall–Kier alpha value is -1.36. The molecule has 0 bridgehead atoms. The molecular formula is C14H24N4O. The van der Waals surface area contributed by atoms with Crippen molar-refractivity contribution in [3.63, 3.8) is 0 Å². The van der Waals surface area contributed by atoms with Gasteiger partial charge in [0.05, 0.1) is 11.8 Å². The van der Waals surface area contributed by atoms with E-state index in [1.54, 1.807) is 6.20 Å². The molecule has 1 saturated heterocycles. The maximum atomic E-state index is 12.2. The quantitative estimate of drug-likeness (QED) is 0.873. The minimum atomic E-state index is 0.0848. The van der Waals surface area contributed by atoms with E-state index in [4.69, 9.17) is 0 Å². The Morgan fingerprint density at radius 2 is 2.11 bits per heavy atom. The lowest BCUT2D eigenvalue weighted by atomic mass is 9.98. The highest BCUT2D eigenvalue weighted by Gasteiger charge is 2.17. The van der Waals surface area contributed by atoms with Crippen LogP contribution in [0.4, 0.5) is 0 Å². The summed E-state index contributed by atoms with van der Waals surface area (Å²) >= 11 is 0. The second-order valence-electron chi connectivity index (χ2n) is 5.12. The van der Waals surface area contributed by atoms with Crippen molar-refractivity contribution in [1.29, 1.82) is 0 Å². The molecule has 1 aliphatic rings. The molecule has 0 unspecified atom stereocenters. The lowest BCUT2D eigenvalue weighted by Gasteiger charge is -2.22. The fourth-order valence-electron chi connectivity index (χ4n) is 2.60. The Bertz CT molecular complexity index is 405. The van der Waals surface area contributed by atoms with Gasteiger partial charge in [0.25, 0.3) is 5.91 Å². The van der Waals surface area contributed by atoms with Crippen molar-refractivity contribution in [2.75, 3.05) is 26.2 Å². The molecule has 1 N–H and O–H groups in total. The number of rotatable bonds is 5. The highest BCUT2D eigenvalue weighted by atomic mass is 16.2. The van der Waals surface area contributed by atoms with Gasteiger partial charge >= 0.3 is 0 Å². The van der Waals surface area contributed by atoms with Crippen molar-refractivity contribution < 1.29 is 4.79 Å². The second-order valence-corrected chi connectivity index (χ2v) is 5.12. The maximum Gasteiger partial charge on any atom is 0.257 e. The minimum absolute atomic E-state index is 0.0848. The molecule has 0 saturated carbocycles. The zero-order valence-corrected chi connectivity index (χ0v) is 11.9. The molecule has 0 aliphatic carbocycles. The molecule has 0 spiro atoms. The van der Waals surface area contributed by atoms with E-state index in [0.717, 1.165) is 32.7 Å². The molecule has 5 heteroatoms. The van der Waals surface area contributed by atoms with E-state index >= 15 is 0 Å². The van der Waals surface area contributed by atoms with Gasteiger partial charge in [0.1, 0.15) is 0 Å². The van der Waals surface area contributed by atoms with Crippen LogP contribution in [0, 0.1) is 5.92 Å². The van der Waals surface area contributed by atoms with E-state index < -0.39 is 0 Å². The van der Waals surface area contributed by atoms with Gasteiger partial charge in [0, 0.05) is 25.8 Å². The van der Waals surface area contributed by atoms with Crippen molar-refractivity contribution in [2.45, 2.75) is 33.2 Å². The largest absolute Gasteiger partial charge is 0.339 e. The average molecular weight is 264 g/mol. The summed E-state index contributed by atoms with van der Waals surface area (Å²) in [6, 6.07) is 0. The first kappa shape index (κ1) is 14.1. The monoisotopic (exact) mass is 264 g/mol.